The number of nitrogen functional groups attached to an aromatic ring is 1. The minimum Gasteiger partial charge on any atom is -0.384 e. The number of nitrogens with zero attached hydrogens (tertiary/aromatic N) is 3. The van der Waals surface area contributed by atoms with Crippen molar-refractivity contribution in [3.8, 4) is 11.3 Å². The molecule has 0 spiro atoms. The van der Waals surface area contributed by atoms with E-state index in [2.05, 4.69) is 9.97 Å². The Morgan fingerprint density at radius 3 is 2.76 bits per heavy atom. The van der Waals surface area contributed by atoms with Crippen LogP contribution in [0.2, 0.25) is 0 Å². The van der Waals surface area contributed by atoms with Gasteiger partial charge >= 0.3 is 0 Å². The largest absolute Gasteiger partial charge is 0.384 e. The molecule has 0 radical (unpaired) electrons. The SMILES string of the molecule is Nc1cc(-c2cncn2Cc2ccc(F)cc2F)ccn1. The summed E-state index contributed by atoms with van der Waals surface area (Å²) in [5, 5.41) is 0. The average molecular weight is 286 g/mol. The second kappa shape index (κ2) is 5.32. The fourth-order valence-corrected chi connectivity index (χ4v) is 2.13. The molecule has 106 valence electrons. The third-order valence-electron chi connectivity index (χ3n) is 3.14. The van der Waals surface area contributed by atoms with E-state index in [1.807, 2.05) is 0 Å². The maximum atomic E-state index is 13.7. The number of aromatic nitrogens is 3. The molecule has 3 aromatic rings. The van der Waals surface area contributed by atoms with E-state index in [9.17, 15) is 8.78 Å². The molecule has 0 saturated carbocycles. The lowest BCUT2D eigenvalue weighted by Gasteiger charge is -2.09. The lowest BCUT2D eigenvalue weighted by Crippen LogP contribution is -2.03. The third kappa shape index (κ3) is 2.74. The van der Waals surface area contributed by atoms with Gasteiger partial charge in [0.05, 0.1) is 24.8 Å². The predicted octanol–water partition coefficient (Wildman–Crippen LogP) is 2.85. The highest BCUT2D eigenvalue weighted by molar-refractivity contribution is 5.61. The summed E-state index contributed by atoms with van der Waals surface area (Å²) in [4.78, 5) is 8.01. The second-order valence-corrected chi connectivity index (χ2v) is 4.61. The standard InChI is InChI=1S/C15H12F2N4/c16-12-2-1-11(13(17)6-12)8-21-9-19-7-14(21)10-3-4-20-15(18)5-10/h1-7,9H,8H2,(H2,18,20). The van der Waals surface area contributed by atoms with Gasteiger partial charge < -0.3 is 10.3 Å². The van der Waals surface area contributed by atoms with Crippen LogP contribution in [0, 0.1) is 11.6 Å². The minimum atomic E-state index is -0.594. The molecule has 2 aromatic heterocycles. The van der Waals surface area contributed by atoms with Crippen LogP contribution < -0.4 is 5.73 Å². The molecule has 0 aliphatic carbocycles. The number of rotatable bonds is 3. The number of hydrogen-bond acceptors (Lipinski definition) is 3. The molecule has 2 heterocycles. The van der Waals surface area contributed by atoms with Gasteiger partial charge in [-0.25, -0.2) is 18.7 Å². The fourth-order valence-electron chi connectivity index (χ4n) is 2.13. The number of pyridine rings is 1. The zero-order valence-corrected chi connectivity index (χ0v) is 11.0. The lowest BCUT2D eigenvalue weighted by atomic mass is 10.1. The molecule has 1 aromatic carbocycles. The van der Waals surface area contributed by atoms with E-state index < -0.39 is 11.6 Å². The minimum absolute atomic E-state index is 0.254. The van der Waals surface area contributed by atoms with Gasteiger partial charge in [-0.3, -0.25) is 0 Å². The van der Waals surface area contributed by atoms with Gasteiger partial charge in [0.25, 0.3) is 0 Å². The smallest absolute Gasteiger partial charge is 0.131 e. The van der Waals surface area contributed by atoms with E-state index >= 15 is 0 Å². The molecule has 4 nitrogen and oxygen atoms in total. The highest BCUT2D eigenvalue weighted by Gasteiger charge is 2.09. The van der Waals surface area contributed by atoms with Crippen LogP contribution in [-0.4, -0.2) is 14.5 Å². The number of hydrogen-bond donors (Lipinski definition) is 1. The molecule has 0 unspecified atom stereocenters. The van der Waals surface area contributed by atoms with Gasteiger partial charge in [0.1, 0.15) is 17.5 Å². The van der Waals surface area contributed by atoms with Gasteiger partial charge in [-0.15, -0.1) is 0 Å². The van der Waals surface area contributed by atoms with Crippen molar-refractivity contribution >= 4 is 5.82 Å². The molecular weight excluding hydrogens is 274 g/mol. The Bertz CT molecular complexity index is 783. The summed E-state index contributed by atoms with van der Waals surface area (Å²) in [5.41, 5.74) is 7.67. The summed E-state index contributed by atoms with van der Waals surface area (Å²) in [6.07, 6.45) is 4.85. The average Bonchev–Trinajstić information content (AvgIpc) is 2.90. The van der Waals surface area contributed by atoms with Gasteiger partial charge in [0.15, 0.2) is 0 Å². The van der Waals surface area contributed by atoms with Crippen LogP contribution in [0.4, 0.5) is 14.6 Å². The molecular formula is C15H12F2N4. The topological polar surface area (TPSA) is 56.7 Å². The van der Waals surface area contributed by atoms with Gasteiger partial charge in [-0.2, -0.15) is 0 Å². The molecule has 3 rings (SSSR count). The highest BCUT2D eigenvalue weighted by Crippen LogP contribution is 2.21. The molecule has 2 N–H and O–H groups in total. The number of imidazole rings is 1. The maximum Gasteiger partial charge on any atom is 0.131 e. The van der Waals surface area contributed by atoms with Crippen LogP contribution in [0.5, 0.6) is 0 Å². The Hall–Kier alpha value is -2.76. The molecule has 0 saturated heterocycles. The van der Waals surface area contributed by atoms with Crippen molar-refractivity contribution in [3.63, 3.8) is 0 Å². The summed E-state index contributed by atoms with van der Waals surface area (Å²) in [6.45, 7) is 0.254. The van der Waals surface area contributed by atoms with Gasteiger partial charge in [-0.1, -0.05) is 6.07 Å². The number of nitrogens with two attached hydrogens (primary N) is 1. The van der Waals surface area contributed by atoms with E-state index in [0.29, 0.717) is 11.4 Å². The monoisotopic (exact) mass is 286 g/mol. The van der Waals surface area contributed by atoms with E-state index in [4.69, 9.17) is 5.73 Å². The number of anilines is 1. The Kier molecular flexibility index (Phi) is 3.35. The zero-order valence-electron chi connectivity index (χ0n) is 11.0. The van der Waals surface area contributed by atoms with Crippen LogP contribution in [0.3, 0.4) is 0 Å². The lowest BCUT2D eigenvalue weighted by molar-refractivity contribution is 0.566. The van der Waals surface area contributed by atoms with Crippen LogP contribution in [0.15, 0.2) is 49.1 Å². The van der Waals surface area contributed by atoms with E-state index in [1.54, 1.807) is 35.4 Å². The Labute approximate surface area is 119 Å². The van der Waals surface area contributed by atoms with Crippen molar-refractivity contribution in [2.45, 2.75) is 6.54 Å². The van der Waals surface area contributed by atoms with Gasteiger partial charge in [0, 0.05) is 23.4 Å². The summed E-state index contributed by atoms with van der Waals surface area (Å²) < 4.78 is 28.4. The molecule has 0 fully saturated rings. The van der Waals surface area contributed by atoms with Crippen molar-refractivity contribution in [3.05, 3.63) is 66.3 Å². The van der Waals surface area contributed by atoms with Crippen molar-refractivity contribution < 1.29 is 8.78 Å². The van der Waals surface area contributed by atoms with E-state index in [-0.39, 0.29) is 6.54 Å². The summed E-state index contributed by atoms with van der Waals surface area (Å²) in [6, 6.07) is 7.05. The van der Waals surface area contributed by atoms with Crippen LogP contribution in [-0.2, 0) is 6.54 Å². The molecule has 0 aliphatic rings. The molecule has 6 heteroatoms. The van der Waals surface area contributed by atoms with Crippen molar-refractivity contribution in [2.75, 3.05) is 5.73 Å². The normalized spacial score (nSPS) is 10.8. The fraction of sp³-hybridized carbons (Fsp3) is 0.0667. The Morgan fingerprint density at radius 2 is 2.00 bits per heavy atom. The van der Waals surface area contributed by atoms with Crippen molar-refractivity contribution in [2.24, 2.45) is 0 Å². The van der Waals surface area contributed by atoms with Crippen molar-refractivity contribution in [1.82, 2.24) is 14.5 Å². The predicted molar refractivity (Wildman–Crippen MR) is 75.3 cm³/mol. The van der Waals surface area contributed by atoms with Crippen molar-refractivity contribution in [1.29, 1.82) is 0 Å². The van der Waals surface area contributed by atoms with Crippen LogP contribution in [0.25, 0.3) is 11.3 Å². The first-order valence-electron chi connectivity index (χ1n) is 6.29. The molecule has 0 aliphatic heterocycles. The number of benzene rings is 1. The maximum absolute atomic E-state index is 13.7. The Morgan fingerprint density at radius 1 is 1.14 bits per heavy atom. The highest BCUT2D eigenvalue weighted by atomic mass is 19.1. The first kappa shape index (κ1) is 13.2. The molecule has 21 heavy (non-hydrogen) atoms. The molecule has 0 atom stereocenters. The second-order valence-electron chi connectivity index (χ2n) is 4.61. The van der Waals surface area contributed by atoms with Gasteiger partial charge in [0.2, 0.25) is 0 Å². The molecule has 0 bridgehead atoms. The van der Waals surface area contributed by atoms with E-state index in [0.717, 1.165) is 17.3 Å². The van der Waals surface area contributed by atoms with E-state index in [1.165, 1.54) is 12.1 Å². The van der Waals surface area contributed by atoms with Crippen LogP contribution >= 0.6 is 0 Å². The quantitative estimate of drug-likeness (QED) is 0.805. The number of halogens is 2. The zero-order chi connectivity index (χ0) is 14.8. The summed E-state index contributed by atoms with van der Waals surface area (Å²) in [7, 11) is 0. The summed E-state index contributed by atoms with van der Waals surface area (Å²) >= 11 is 0. The molecule has 0 amide bonds. The first-order valence-corrected chi connectivity index (χ1v) is 6.29. The Balaban J connectivity index is 1.96. The first-order chi connectivity index (χ1) is 10.1. The van der Waals surface area contributed by atoms with Gasteiger partial charge in [-0.05, 0) is 18.2 Å². The van der Waals surface area contributed by atoms with Crippen LogP contribution in [0.1, 0.15) is 5.56 Å². The summed E-state index contributed by atoms with van der Waals surface area (Å²) in [5.74, 6) is -0.777. The third-order valence-corrected chi connectivity index (χ3v) is 3.14.